The van der Waals surface area contributed by atoms with E-state index < -0.39 is 0 Å². The van der Waals surface area contributed by atoms with E-state index in [-0.39, 0.29) is 24.0 Å². The quantitative estimate of drug-likeness (QED) is 0.386. The minimum Gasteiger partial charge on any atom is -0.467 e. The molecule has 0 amide bonds. The first-order chi connectivity index (χ1) is 12.3. The van der Waals surface area contributed by atoms with Gasteiger partial charge in [0.1, 0.15) is 5.76 Å². The first-order valence-electron chi connectivity index (χ1n) is 8.68. The molecule has 2 aromatic rings. The Labute approximate surface area is 172 Å². The molecule has 0 radical (unpaired) electrons. The summed E-state index contributed by atoms with van der Waals surface area (Å²) in [5, 5.41) is 6.59. The molecule has 7 heteroatoms. The van der Waals surface area contributed by atoms with Crippen molar-refractivity contribution in [1.29, 1.82) is 0 Å². The van der Waals surface area contributed by atoms with Crippen molar-refractivity contribution in [2.45, 2.75) is 19.6 Å². The summed E-state index contributed by atoms with van der Waals surface area (Å²) in [5.41, 5.74) is 2.58. The third-order valence-corrected chi connectivity index (χ3v) is 4.20. The Morgan fingerprint density at radius 2 is 1.85 bits per heavy atom. The van der Waals surface area contributed by atoms with Gasteiger partial charge >= 0.3 is 0 Å². The molecule has 142 valence electrons. The summed E-state index contributed by atoms with van der Waals surface area (Å²) >= 11 is 0. The Balaban J connectivity index is 0.00000243. The van der Waals surface area contributed by atoms with Crippen LogP contribution in [0.15, 0.2) is 52.1 Å². The van der Waals surface area contributed by atoms with E-state index >= 15 is 0 Å². The van der Waals surface area contributed by atoms with E-state index in [1.165, 1.54) is 11.1 Å². The number of aliphatic imine (C=N–C) groups is 1. The highest BCUT2D eigenvalue weighted by Crippen LogP contribution is 2.10. The van der Waals surface area contributed by atoms with E-state index in [0.717, 1.165) is 51.1 Å². The van der Waals surface area contributed by atoms with Crippen LogP contribution in [0.2, 0.25) is 0 Å². The predicted molar refractivity (Wildman–Crippen MR) is 114 cm³/mol. The zero-order valence-corrected chi connectivity index (χ0v) is 17.4. The van der Waals surface area contributed by atoms with Gasteiger partial charge in [0, 0.05) is 33.2 Å². The number of guanidine groups is 1. The number of halogens is 1. The molecule has 0 saturated carbocycles. The van der Waals surface area contributed by atoms with Crippen LogP contribution in [-0.2, 0) is 24.4 Å². The molecule has 0 unspecified atom stereocenters. The standard InChI is InChI=1S/C19H26N4O2.HI/c1-20-19(22-14-18-6-3-9-25-18)21-13-16-4-2-5-17(12-16)15-23-7-10-24-11-8-23;/h2-6,9,12H,7-8,10-11,13-15H2,1H3,(H2,20,21,22);1H. The molecule has 1 aromatic heterocycles. The van der Waals surface area contributed by atoms with E-state index in [0.29, 0.717) is 6.54 Å². The van der Waals surface area contributed by atoms with Crippen molar-refractivity contribution < 1.29 is 9.15 Å². The summed E-state index contributed by atoms with van der Waals surface area (Å²) in [6, 6.07) is 12.5. The zero-order valence-electron chi connectivity index (χ0n) is 15.1. The topological polar surface area (TPSA) is 62.0 Å². The zero-order chi connectivity index (χ0) is 17.3. The van der Waals surface area contributed by atoms with Crippen molar-refractivity contribution >= 4 is 29.9 Å². The normalized spacial score (nSPS) is 15.3. The second-order valence-corrected chi connectivity index (χ2v) is 6.07. The number of ether oxygens (including phenoxy) is 1. The summed E-state index contributed by atoms with van der Waals surface area (Å²) in [4.78, 5) is 6.68. The molecule has 0 atom stereocenters. The lowest BCUT2D eigenvalue weighted by Crippen LogP contribution is -2.36. The maximum absolute atomic E-state index is 5.41. The number of nitrogens with one attached hydrogen (secondary N) is 2. The van der Waals surface area contributed by atoms with Crippen LogP contribution in [0.5, 0.6) is 0 Å². The molecule has 2 N–H and O–H groups in total. The molecular formula is C19H27IN4O2. The van der Waals surface area contributed by atoms with Crippen LogP contribution in [0, 0.1) is 0 Å². The average Bonchev–Trinajstić information content (AvgIpc) is 3.17. The molecule has 1 fully saturated rings. The van der Waals surface area contributed by atoms with Gasteiger partial charge in [-0.05, 0) is 23.3 Å². The first kappa shape index (κ1) is 20.7. The maximum Gasteiger partial charge on any atom is 0.191 e. The van der Waals surface area contributed by atoms with Crippen molar-refractivity contribution in [2.24, 2.45) is 4.99 Å². The number of furan rings is 1. The maximum atomic E-state index is 5.41. The smallest absolute Gasteiger partial charge is 0.191 e. The minimum atomic E-state index is 0. The monoisotopic (exact) mass is 470 g/mol. The van der Waals surface area contributed by atoms with Gasteiger partial charge < -0.3 is 19.8 Å². The summed E-state index contributed by atoms with van der Waals surface area (Å²) in [5.74, 6) is 1.64. The number of hydrogen-bond acceptors (Lipinski definition) is 4. The van der Waals surface area contributed by atoms with Crippen molar-refractivity contribution in [3.05, 3.63) is 59.5 Å². The fraction of sp³-hybridized carbons (Fsp3) is 0.421. The van der Waals surface area contributed by atoms with E-state index in [1.54, 1.807) is 13.3 Å². The minimum absolute atomic E-state index is 0. The molecule has 1 aromatic carbocycles. The number of rotatable bonds is 6. The summed E-state index contributed by atoms with van der Waals surface area (Å²) in [7, 11) is 1.77. The molecule has 6 nitrogen and oxygen atoms in total. The molecule has 0 spiro atoms. The summed E-state index contributed by atoms with van der Waals surface area (Å²) in [6.07, 6.45) is 1.67. The van der Waals surface area contributed by atoms with E-state index in [9.17, 15) is 0 Å². The number of hydrogen-bond donors (Lipinski definition) is 2. The lowest BCUT2D eigenvalue weighted by Gasteiger charge is -2.26. The third-order valence-electron chi connectivity index (χ3n) is 4.20. The molecule has 3 rings (SSSR count). The molecule has 2 heterocycles. The average molecular weight is 470 g/mol. The largest absolute Gasteiger partial charge is 0.467 e. The van der Waals surface area contributed by atoms with Crippen LogP contribution < -0.4 is 10.6 Å². The highest BCUT2D eigenvalue weighted by Gasteiger charge is 2.10. The molecule has 1 aliphatic rings. The Morgan fingerprint density at radius 1 is 1.08 bits per heavy atom. The summed E-state index contributed by atoms with van der Waals surface area (Å²) < 4.78 is 10.7. The Kier molecular flexibility index (Phi) is 8.93. The van der Waals surface area contributed by atoms with Crippen LogP contribution in [0.3, 0.4) is 0 Å². The van der Waals surface area contributed by atoms with Crippen LogP contribution in [0.1, 0.15) is 16.9 Å². The van der Waals surface area contributed by atoms with Crippen LogP contribution in [0.4, 0.5) is 0 Å². The second kappa shape index (κ2) is 11.2. The fourth-order valence-electron chi connectivity index (χ4n) is 2.85. The van der Waals surface area contributed by atoms with Crippen molar-refractivity contribution in [3.8, 4) is 0 Å². The Bertz CT molecular complexity index is 670. The van der Waals surface area contributed by atoms with Crippen molar-refractivity contribution in [1.82, 2.24) is 15.5 Å². The highest BCUT2D eigenvalue weighted by molar-refractivity contribution is 14.0. The predicted octanol–water partition coefficient (Wildman–Crippen LogP) is 2.60. The van der Waals surface area contributed by atoms with Gasteiger partial charge in [0.25, 0.3) is 0 Å². The van der Waals surface area contributed by atoms with E-state index in [1.807, 2.05) is 12.1 Å². The van der Waals surface area contributed by atoms with E-state index in [4.69, 9.17) is 9.15 Å². The summed E-state index contributed by atoms with van der Waals surface area (Å²) in [6.45, 7) is 6.00. The van der Waals surface area contributed by atoms with Gasteiger partial charge in [-0.15, -0.1) is 24.0 Å². The van der Waals surface area contributed by atoms with Gasteiger partial charge in [-0.25, -0.2) is 0 Å². The number of nitrogens with zero attached hydrogens (tertiary/aromatic N) is 2. The highest BCUT2D eigenvalue weighted by atomic mass is 127. The van der Waals surface area contributed by atoms with Gasteiger partial charge in [-0.3, -0.25) is 9.89 Å². The molecule has 26 heavy (non-hydrogen) atoms. The van der Waals surface area contributed by atoms with Gasteiger partial charge in [-0.2, -0.15) is 0 Å². The number of morpholine rings is 1. The second-order valence-electron chi connectivity index (χ2n) is 6.07. The van der Waals surface area contributed by atoms with Crippen molar-refractivity contribution in [2.75, 3.05) is 33.4 Å². The van der Waals surface area contributed by atoms with Gasteiger partial charge in [-0.1, -0.05) is 24.3 Å². The van der Waals surface area contributed by atoms with Gasteiger partial charge in [0.15, 0.2) is 5.96 Å². The van der Waals surface area contributed by atoms with Crippen molar-refractivity contribution in [3.63, 3.8) is 0 Å². The molecule has 1 saturated heterocycles. The van der Waals surface area contributed by atoms with Crippen LogP contribution in [-0.4, -0.2) is 44.2 Å². The van der Waals surface area contributed by atoms with Gasteiger partial charge in [0.2, 0.25) is 0 Å². The molecular weight excluding hydrogens is 443 g/mol. The van der Waals surface area contributed by atoms with Gasteiger partial charge in [0.05, 0.1) is 26.0 Å². The Hall–Kier alpha value is -1.58. The van der Waals surface area contributed by atoms with E-state index in [2.05, 4.69) is 44.8 Å². The van der Waals surface area contributed by atoms with Crippen LogP contribution >= 0.6 is 24.0 Å². The fourth-order valence-corrected chi connectivity index (χ4v) is 2.85. The number of benzene rings is 1. The third kappa shape index (κ3) is 6.62. The SMILES string of the molecule is CN=C(NCc1cccc(CN2CCOCC2)c1)NCc1ccco1.I. The Morgan fingerprint density at radius 3 is 2.58 bits per heavy atom. The molecule has 0 aliphatic carbocycles. The molecule has 1 aliphatic heterocycles. The van der Waals surface area contributed by atoms with Crippen LogP contribution in [0.25, 0.3) is 0 Å². The lowest BCUT2D eigenvalue weighted by molar-refractivity contribution is 0.0342. The first-order valence-corrected chi connectivity index (χ1v) is 8.68. The lowest BCUT2D eigenvalue weighted by atomic mass is 10.1. The molecule has 0 bridgehead atoms.